The van der Waals surface area contributed by atoms with Crippen molar-refractivity contribution in [2.75, 3.05) is 26.7 Å². The van der Waals surface area contributed by atoms with Crippen LogP contribution >= 0.6 is 0 Å². The average molecular weight is 315 g/mol. The first-order valence-corrected chi connectivity index (χ1v) is 7.81. The van der Waals surface area contributed by atoms with Crippen LogP contribution in [-0.2, 0) is 0 Å². The molecule has 7 nitrogen and oxygen atoms in total. The molecule has 7 heteroatoms. The molecule has 2 heterocycles. The van der Waals surface area contributed by atoms with Gasteiger partial charge < -0.3 is 15.4 Å². The number of carbonyl (C=O) groups is 1. The van der Waals surface area contributed by atoms with E-state index in [9.17, 15) is 4.79 Å². The van der Waals surface area contributed by atoms with Crippen LogP contribution in [-0.4, -0.2) is 47.6 Å². The molecule has 23 heavy (non-hydrogen) atoms. The zero-order chi connectivity index (χ0) is 16.1. The number of ether oxygens (including phenoxy) is 1. The molecule has 1 aliphatic heterocycles. The Kier molecular flexibility index (Phi) is 4.87. The minimum Gasteiger partial charge on any atom is -0.497 e. The fourth-order valence-electron chi connectivity index (χ4n) is 2.76. The van der Waals surface area contributed by atoms with Crippen molar-refractivity contribution in [2.45, 2.75) is 12.8 Å². The van der Waals surface area contributed by atoms with E-state index < -0.39 is 0 Å². The molecule has 2 aromatic rings. The van der Waals surface area contributed by atoms with Gasteiger partial charge >= 0.3 is 0 Å². The zero-order valence-electron chi connectivity index (χ0n) is 13.2. The van der Waals surface area contributed by atoms with Crippen LogP contribution in [0.15, 0.2) is 30.6 Å². The molecule has 0 bridgehead atoms. The van der Waals surface area contributed by atoms with Gasteiger partial charge in [-0.2, -0.15) is 15.0 Å². The normalized spacial score (nSPS) is 15.3. The first-order valence-electron chi connectivity index (χ1n) is 7.81. The van der Waals surface area contributed by atoms with Gasteiger partial charge in [-0.25, -0.2) is 0 Å². The number of nitrogens with one attached hydrogen (secondary N) is 2. The highest BCUT2D eigenvalue weighted by Gasteiger charge is 2.18. The number of amides is 1. The van der Waals surface area contributed by atoms with E-state index in [1.165, 1.54) is 4.80 Å². The third-order valence-corrected chi connectivity index (χ3v) is 4.09. The molecule has 0 saturated carbocycles. The molecule has 1 aromatic heterocycles. The topological polar surface area (TPSA) is 81.1 Å². The molecule has 1 aromatic carbocycles. The third-order valence-electron chi connectivity index (χ3n) is 4.09. The van der Waals surface area contributed by atoms with E-state index in [0.717, 1.165) is 25.9 Å². The molecule has 1 amide bonds. The Bertz CT molecular complexity index is 650. The van der Waals surface area contributed by atoms with Gasteiger partial charge in [0.2, 0.25) is 0 Å². The first kappa shape index (κ1) is 15.5. The molecule has 0 aliphatic carbocycles. The molecule has 1 aliphatic rings. The van der Waals surface area contributed by atoms with Gasteiger partial charge in [0.15, 0.2) is 0 Å². The summed E-state index contributed by atoms with van der Waals surface area (Å²) < 4.78 is 5.23. The predicted octanol–water partition coefficient (Wildman–Crippen LogP) is 1.01. The fraction of sp³-hybridized carbons (Fsp3) is 0.438. The van der Waals surface area contributed by atoms with E-state index in [2.05, 4.69) is 20.8 Å². The SMILES string of the molecule is COc1ccc(-n2nccn2)c(C(=O)NCC2CCNCC2)c1. The lowest BCUT2D eigenvalue weighted by Gasteiger charge is -2.23. The number of hydrogen-bond acceptors (Lipinski definition) is 5. The van der Waals surface area contributed by atoms with E-state index in [4.69, 9.17) is 4.74 Å². The van der Waals surface area contributed by atoms with Crippen LogP contribution < -0.4 is 15.4 Å². The quantitative estimate of drug-likeness (QED) is 0.860. The van der Waals surface area contributed by atoms with Gasteiger partial charge in [0.1, 0.15) is 5.75 Å². The van der Waals surface area contributed by atoms with Crippen molar-refractivity contribution in [1.29, 1.82) is 0 Å². The molecule has 0 atom stereocenters. The highest BCUT2D eigenvalue weighted by Crippen LogP contribution is 2.20. The van der Waals surface area contributed by atoms with Crippen LogP contribution in [0.1, 0.15) is 23.2 Å². The average Bonchev–Trinajstić information content (AvgIpc) is 3.14. The van der Waals surface area contributed by atoms with Crippen LogP contribution in [0, 0.1) is 5.92 Å². The van der Waals surface area contributed by atoms with Crippen LogP contribution in [0.2, 0.25) is 0 Å². The highest BCUT2D eigenvalue weighted by atomic mass is 16.5. The maximum atomic E-state index is 12.6. The van der Waals surface area contributed by atoms with Crippen molar-refractivity contribution in [3.8, 4) is 11.4 Å². The van der Waals surface area contributed by atoms with E-state index >= 15 is 0 Å². The number of rotatable bonds is 5. The first-order chi connectivity index (χ1) is 11.3. The number of hydrogen-bond donors (Lipinski definition) is 2. The maximum Gasteiger partial charge on any atom is 0.253 e. The summed E-state index contributed by atoms with van der Waals surface area (Å²) in [5.74, 6) is 1.03. The van der Waals surface area contributed by atoms with Gasteiger partial charge in [-0.05, 0) is 50.0 Å². The van der Waals surface area contributed by atoms with Gasteiger partial charge in [-0.15, -0.1) is 0 Å². The van der Waals surface area contributed by atoms with Crippen molar-refractivity contribution in [3.63, 3.8) is 0 Å². The summed E-state index contributed by atoms with van der Waals surface area (Å²) in [6.45, 7) is 2.72. The van der Waals surface area contributed by atoms with E-state index in [0.29, 0.717) is 29.5 Å². The second-order valence-electron chi connectivity index (χ2n) is 5.61. The number of nitrogens with zero attached hydrogens (tertiary/aromatic N) is 3. The number of aromatic nitrogens is 3. The van der Waals surface area contributed by atoms with Crippen LogP contribution in [0.5, 0.6) is 5.75 Å². The summed E-state index contributed by atoms with van der Waals surface area (Å²) >= 11 is 0. The smallest absolute Gasteiger partial charge is 0.253 e. The molecule has 2 N–H and O–H groups in total. The van der Waals surface area contributed by atoms with Crippen molar-refractivity contribution in [3.05, 3.63) is 36.2 Å². The van der Waals surface area contributed by atoms with Gasteiger partial charge in [0.05, 0.1) is 30.8 Å². The number of benzene rings is 1. The van der Waals surface area contributed by atoms with Gasteiger partial charge in [0.25, 0.3) is 5.91 Å². The summed E-state index contributed by atoms with van der Waals surface area (Å²) in [4.78, 5) is 14.1. The standard InChI is InChI=1S/C16H21N5O2/c1-23-13-2-3-15(21-19-8-9-20-21)14(10-13)16(22)18-11-12-4-6-17-7-5-12/h2-3,8-10,12,17H,4-7,11H2,1H3,(H,18,22). The lowest BCUT2D eigenvalue weighted by atomic mass is 9.98. The Morgan fingerprint density at radius 1 is 1.35 bits per heavy atom. The predicted molar refractivity (Wildman–Crippen MR) is 85.8 cm³/mol. The molecule has 1 fully saturated rings. The number of carbonyl (C=O) groups excluding carboxylic acids is 1. The van der Waals surface area contributed by atoms with Gasteiger partial charge in [-0.3, -0.25) is 4.79 Å². The fourth-order valence-corrected chi connectivity index (χ4v) is 2.76. The minimum absolute atomic E-state index is 0.130. The Morgan fingerprint density at radius 2 is 2.09 bits per heavy atom. The Labute approximate surface area is 135 Å². The molecular weight excluding hydrogens is 294 g/mol. The molecule has 3 rings (SSSR count). The lowest BCUT2D eigenvalue weighted by Crippen LogP contribution is -2.36. The van der Waals surface area contributed by atoms with E-state index in [1.54, 1.807) is 37.7 Å². The Balaban J connectivity index is 1.77. The van der Waals surface area contributed by atoms with E-state index in [1.807, 2.05) is 0 Å². The van der Waals surface area contributed by atoms with Gasteiger partial charge in [0, 0.05) is 6.54 Å². The van der Waals surface area contributed by atoms with E-state index in [-0.39, 0.29) is 5.91 Å². The van der Waals surface area contributed by atoms with Crippen molar-refractivity contribution in [2.24, 2.45) is 5.92 Å². The molecule has 0 spiro atoms. The maximum absolute atomic E-state index is 12.6. The summed E-state index contributed by atoms with van der Waals surface area (Å²) in [5, 5.41) is 14.6. The minimum atomic E-state index is -0.130. The monoisotopic (exact) mass is 315 g/mol. The molecule has 0 unspecified atom stereocenters. The van der Waals surface area contributed by atoms with Crippen LogP contribution in [0.4, 0.5) is 0 Å². The highest BCUT2D eigenvalue weighted by molar-refractivity contribution is 5.98. The summed E-state index contributed by atoms with van der Waals surface area (Å²) in [6, 6.07) is 5.30. The van der Waals surface area contributed by atoms with Crippen molar-refractivity contribution >= 4 is 5.91 Å². The van der Waals surface area contributed by atoms with Crippen LogP contribution in [0.25, 0.3) is 5.69 Å². The van der Waals surface area contributed by atoms with Crippen LogP contribution in [0.3, 0.4) is 0 Å². The second kappa shape index (κ2) is 7.23. The Hall–Kier alpha value is -2.41. The summed E-state index contributed by atoms with van der Waals surface area (Å²) in [5.41, 5.74) is 1.15. The summed E-state index contributed by atoms with van der Waals surface area (Å²) in [7, 11) is 1.58. The zero-order valence-corrected chi connectivity index (χ0v) is 13.2. The largest absolute Gasteiger partial charge is 0.497 e. The molecular formula is C16H21N5O2. The number of piperidine rings is 1. The Morgan fingerprint density at radius 3 is 2.78 bits per heavy atom. The molecule has 1 saturated heterocycles. The van der Waals surface area contributed by atoms with Crippen molar-refractivity contribution in [1.82, 2.24) is 25.6 Å². The number of methoxy groups -OCH3 is 1. The van der Waals surface area contributed by atoms with Gasteiger partial charge in [-0.1, -0.05) is 0 Å². The molecule has 0 radical (unpaired) electrons. The lowest BCUT2D eigenvalue weighted by molar-refractivity contribution is 0.0943. The van der Waals surface area contributed by atoms with Crippen molar-refractivity contribution < 1.29 is 9.53 Å². The molecule has 122 valence electrons. The third kappa shape index (κ3) is 3.68. The second-order valence-corrected chi connectivity index (χ2v) is 5.61. The summed E-state index contributed by atoms with van der Waals surface area (Å²) in [6.07, 6.45) is 5.35.